The molecule has 0 radical (unpaired) electrons. The van der Waals surface area contributed by atoms with Crippen molar-refractivity contribution >= 4 is 11.5 Å². The largest absolute Gasteiger partial charge is 0.463 e. The molecule has 0 bridgehead atoms. The first-order valence-electron chi connectivity index (χ1n) is 6.79. The van der Waals surface area contributed by atoms with Crippen LogP contribution in [-0.4, -0.2) is 30.4 Å². The Hall–Kier alpha value is -1.55. The number of carbonyl (C=O) groups excluding carboxylic acids is 1. The highest BCUT2D eigenvalue weighted by Crippen LogP contribution is 2.28. The minimum Gasteiger partial charge on any atom is -0.463 e. The summed E-state index contributed by atoms with van der Waals surface area (Å²) in [5.74, 6) is -0.211. The Labute approximate surface area is 114 Å². The lowest BCUT2D eigenvalue weighted by Gasteiger charge is -2.22. The zero-order chi connectivity index (χ0) is 13.8. The van der Waals surface area contributed by atoms with Gasteiger partial charge in [0.05, 0.1) is 19.8 Å². The van der Waals surface area contributed by atoms with Crippen LogP contribution in [0.15, 0.2) is 23.9 Å². The SMILES string of the molecule is CCOC(=O)C1=C(c2cccn2C(C)C)COCC1. The van der Waals surface area contributed by atoms with E-state index in [9.17, 15) is 4.79 Å². The summed E-state index contributed by atoms with van der Waals surface area (Å²) in [5, 5.41) is 0. The zero-order valence-corrected chi connectivity index (χ0v) is 11.8. The number of carbonyl (C=O) groups is 1. The van der Waals surface area contributed by atoms with E-state index < -0.39 is 0 Å². The average molecular weight is 263 g/mol. The number of esters is 1. The number of hydrogen-bond donors (Lipinski definition) is 0. The summed E-state index contributed by atoms with van der Waals surface area (Å²) < 4.78 is 12.8. The van der Waals surface area contributed by atoms with E-state index in [0.29, 0.717) is 32.3 Å². The van der Waals surface area contributed by atoms with Crippen molar-refractivity contribution in [2.45, 2.75) is 33.2 Å². The summed E-state index contributed by atoms with van der Waals surface area (Å²) in [6.07, 6.45) is 2.65. The van der Waals surface area contributed by atoms with E-state index in [1.807, 2.05) is 25.3 Å². The number of ether oxygens (including phenoxy) is 2. The molecular weight excluding hydrogens is 242 g/mol. The molecule has 0 fully saturated rings. The Morgan fingerprint density at radius 1 is 1.53 bits per heavy atom. The second-order valence-corrected chi connectivity index (χ2v) is 4.87. The Bertz CT molecular complexity index is 485. The molecule has 0 saturated carbocycles. The van der Waals surface area contributed by atoms with Gasteiger partial charge in [-0.15, -0.1) is 0 Å². The van der Waals surface area contributed by atoms with Gasteiger partial charge in [0, 0.05) is 35.5 Å². The van der Waals surface area contributed by atoms with Gasteiger partial charge in [-0.1, -0.05) is 0 Å². The van der Waals surface area contributed by atoms with Crippen LogP contribution in [0, 0.1) is 0 Å². The molecule has 0 aromatic carbocycles. The van der Waals surface area contributed by atoms with Crippen LogP contribution in [0.5, 0.6) is 0 Å². The van der Waals surface area contributed by atoms with Crippen molar-refractivity contribution < 1.29 is 14.3 Å². The molecule has 19 heavy (non-hydrogen) atoms. The van der Waals surface area contributed by atoms with E-state index in [2.05, 4.69) is 18.4 Å². The van der Waals surface area contributed by atoms with Crippen LogP contribution in [0.1, 0.15) is 38.9 Å². The molecule has 0 N–H and O–H groups in total. The smallest absolute Gasteiger partial charge is 0.334 e. The minimum absolute atomic E-state index is 0.211. The first-order valence-corrected chi connectivity index (χ1v) is 6.79. The van der Waals surface area contributed by atoms with Crippen molar-refractivity contribution in [3.8, 4) is 0 Å². The molecule has 4 heteroatoms. The topological polar surface area (TPSA) is 40.5 Å². The average Bonchev–Trinajstić information content (AvgIpc) is 2.88. The van der Waals surface area contributed by atoms with E-state index in [1.165, 1.54) is 0 Å². The lowest BCUT2D eigenvalue weighted by molar-refractivity contribution is -0.138. The summed E-state index contributed by atoms with van der Waals surface area (Å²) in [5.41, 5.74) is 2.77. The predicted molar refractivity (Wildman–Crippen MR) is 73.8 cm³/mol. The molecule has 1 aromatic rings. The molecule has 2 rings (SSSR count). The van der Waals surface area contributed by atoms with Crippen LogP contribution < -0.4 is 0 Å². The molecule has 104 valence electrons. The lowest BCUT2D eigenvalue weighted by Crippen LogP contribution is -2.20. The van der Waals surface area contributed by atoms with Crippen LogP contribution in [-0.2, 0) is 14.3 Å². The minimum atomic E-state index is -0.211. The molecule has 2 heterocycles. The fourth-order valence-electron chi connectivity index (χ4n) is 2.36. The molecule has 0 saturated heterocycles. The summed E-state index contributed by atoms with van der Waals surface area (Å²) >= 11 is 0. The Balaban J connectivity index is 2.42. The number of nitrogens with zero attached hydrogens (tertiary/aromatic N) is 1. The van der Waals surface area contributed by atoms with E-state index in [0.717, 1.165) is 16.8 Å². The molecule has 0 amide bonds. The summed E-state index contributed by atoms with van der Waals surface area (Å²) in [7, 11) is 0. The summed E-state index contributed by atoms with van der Waals surface area (Å²) in [4.78, 5) is 12.0. The van der Waals surface area contributed by atoms with Gasteiger partial charge in [-0.25, -0.2) is 4.79 Å². The lowest BCUT2D eigenvalue weighted by atomic mass is 10.0. The summed E-state index contributed by atoms with van der Waals surface area (Å²) in [6, 6.07) is 4.38. The van der Waals surface area contributed by atoms with Crippen LogP contribution >= 0.6 is 0 Å². The zero-order valence-electron chi connectivity index (χ0n) is 11.8. The first kappa shape index (κ1) is 13.9. The molecule has 0 aliphatic carbocycles. The maximum Gasteiger partial charge on any atom is 0.334 e. The predicted octanol–water partition coefficient (Wildman–Crippen LogP) is 2.81. The van der Waals surface area contributed by atoms with Crippen LogP contribution in [0.2, 0.25) is 0 Å². The van der Waals surface area contributed by atoms with E-state index in [-0.39, 0.29) is 5.97 Å². The number of rotatable bonds is 4. The van der Waals surface area contributed by atoms with Crippen molar-refractivity contribution in [1.29, 1.82) is 0 Å². The molecule has 0 spiro atoms. The number of hydrogen-bond acceptors (Lipinski definition) is 3. The second kappa shape index (κ2) is 6.06. The van der Waals surface area contributed by atoms with Gasteiger partial charge in [0.1, 0.15) is 0 Å². The van der Waals surface area contributed by atoms with E-state index in [4.69, 9.17) is 9.47 Å². The van der Waals surface area contributed by atoms with Crippen molar-refractivity contribution in [3.63, 3.8) is 0 Å². The van der Waals surface area contributed by atoms with Gasteiger partial charge in [-0.05, 0) is 32.9 Å². The molecule has 1 aliphatic rings. The first-order chi connectivity index (χ1) is 9.15. The summed E-state index contributed by atoms with van der Waals surface area (Å²) in [6.45, 7) is 7.54. The monoisotopic (exact) mass is 263 g/mol. The quantitative estimate of drug-likeness (QED) is 0.784. The third-order valence-corrected chi connectivity index (χ3v) is 3.27. The van der Waals surface area contributed by atoms with Crippen LogP contribution in [0.3, 0.4) is 0 Å². The van der Waals surface area contributed by atoms with Crippen LogP contribution in [0.25, 0.3) is 5.57 Å². The normalized spacial score (nSPS) is 16.0. The third kappa shape index (κ3) is 2.89. The van der Waals surface area contributed by atoms with Gasteiger partial charge in [0.15, 0.2) is 0 Å². The molecule has 1 aromatic heterocycles. The maximum absolute atomic E-state index is 12.0. The van der Waals surface area contributed by atoms with Crippen molar-refractivity contribution in [1.82, 2.24) is 4.57 Å². The molecule has 4 nitrogen and oxygen atoms in total. The van der Waals surface area contributed by atoms with E-state index in [1.54, 1.807) is 0 Å². The van der Waals surface area contributed by atoms with E-state index >= 15 is 0 Å². The second-order valence-electron chi connectivity index (χ2n) is 4.87. The highest BCUT2D eigenvalue weighted by Gasteiger charge is 2.23. The van der Waals surface area contributed by atoms with Gasteiger partial charge < -0.3 is 14.0 Å². The van der Waals surface area contributed by atoms with Crippen LogP contribution in [0.4, 0.5) is 0 Å². The molecular formula is C15H21NO3. The fraction of sp³-hybridized carbons (Fsp3) is 0.533. The fourth-order valence-corrected chi connectivity index (χ4v) is 2.36. The molecule has 0 atom stereocenters. The van der Waals surface area contributed by atoms with Gasteiger partial charge >= 0.3 is 5.97 Å². The van der Waals surface area contributed by atoms with Gasteiger partial charge in [-0.3, -0.25) is 0 Å². The molecule has 0 unspecified atom stereocenters. The maximum atomic E-state index is 12.0. The van der Waals surface area contributed by atoms with Gasteiger partial charge in [-0.2, -0.15) is 0 Å². The van der Waals surface area contributed by atoms with Crippen molar-refractivity contribution in [3.05, 3.63) is 29.6 Å². The highest BCUT2D eigenvalue weighted by atomic mass is 16.5. The van der Waals surface area contributed by atoms with Crippen molar-refractivity contribution in [2.75, 3.05) is 19.8 Å². The van der Waals surface area contributed by atoms with Gasteiger partial charge in [0.2, 0.25) is 0 Å². The standard InChI is InChI=1S/C15H21NO3/c1-4-19-15(17)12-7-9-18-10-13(12)14-6-5-8-16(14)11(2)3/h5-6,8,11H,4,7,9-10H2,1-3H3. The van der Waals surface area contributed by atoms with Gasteiger partial charge in [0.25, 0.3) is 0 Å². The Kier molecular flexibility index (Phi) is 4.43. The Morgan fingerprint density at radius 2 is 2.32 bits per heavy atom. The van der Waals surface area contributed by atoms with Crippen molar-refractivity contribution in [2.24, 2.45) is 0 Å². The molecule has 1 aliphatic heterocycles. The third-order valence-electron chi connectivity index (χ3n) is 3.27. The highest BCUT2D eigenvalue weighted by molar-refractivity contribution is 5.98. The number of aromatic nitrogens is 1. The Morgan fingerprint density at radius 3 is 3.00 bits per heavy atom.